The third-order valence-electron chi connectivity index (χ3n) is 15.4. The lowest BCUT2D eigenvalue weighted by molar-refractivity contribution is -0.127. The van der Waals surface area contributed by atoms with Crippen LogP contribution in [0.4, 0.5) is 0 Å². The van der Waals surface area contributed by atoms with E-state index in [-0.39, 0.29) is 27.2 Å². The normalized spacial score (nSPS) is 33.9. The van der Waals surface area contributed by atoms with Gasteiger partial charge >= 0.3 is 0 Å². The van der Waals surface area contributed by atoms with Crippen LogP contribution >= 0.6 is 0 Å². The van der Waals surface area contributed by atoms with Crippen molar-refractivity contribution in [2.75, 3.05) is 0 Å². The molecule has 1 heterocycles. The number of nitrogens with zero attached hydrogens (tertiary/aromatic N) is 2. The van der Waals surface area contributed by atoms with Crippen molar-refractivity contribution < 1.29 is 17.6 Å². The van der Waals surface area contributed by atoms with E-state index >= 15 is 0 Å². The van der Waals surface area contributed by atoms with Crippen LogP contribution in [0.3, 0.4) is 0 Å². The summed E-state index contributed by atoms with van der Waals surface area (Å²) >= 11 is 0. The molecule has 4 saturated carbocycles. The number of aryl methyl sites for hydroxylation is 3. The van der Waals surface area contributed by atoms with Crippen molar-refractivity contribution >= 4 is 24.2 Å². The number of sulfonamides is 1. The Morgan fingerprint density at radius 2 is 1.63 bits per heavy atom. The Hall–Kier alpha value is -1.81. The van der Waals surface area contributed by atoms with Crippen LogP contribution in [-0.4, -0.2) is 44.6 Å². The average Bonchev–Trinajstić information content (AvgIpc) is 3.57. The van der Waals surface area contributed by atoms with Gasteiger partial charge in [-0.3, -0.25) is 4.79 Å². The SMILES string of the molecule is Cc1ccc(S(=O)(=O)NC(C[C@@H](C)[C@H]2CC[C@H]3[C@@H]4CC[C@@H]5C[C@H](O[Si](C)(C)C(C)(C)C)CC[C@]5(C)[C@H]4CC[C@]23C)C(=O)n2nc(C)cc2C)cc1. The molecule has 1 aromatic carbocycles. The predicted molar refractivity (Wildman–Crippen MR) is 209 cm³/mol. The molecule has 1 aromatic heterocycles. The Labute approximate surface area is 310 Å². The maximum Gasteiger partial charge on any atom is 0.265 e. The summed E-state index contributed by atoms with van der Waals surface area (Å²) in [6.45, 7) is 25.0. The lowest BCUT2D eigenvalue weighted by Gasteiger charge is -2.61. The number of aromatic nitrogens is 2. The fourth-order valence-corrected chi connectivity index (χ4v) is 14.2. The predicted octanol–water partition coefficient (Wildman–Crippen LogP) is 9.87. The molecule has 0 spiro atoms. The van der Waals surface area contributed by atoms with Crippen LogP contribution in [0, 0.1) is 67.1 Å². The first-order chi connectivity index (χ1) is 23.7. The van der Waals surface area contributed by atoms with Crippen LogP contribution in [-0.2, 0) is 14.4 Å². The molecule has 2 aromatic rings. The Balaban J connectivity index is 1.18. The summed E-state index contributed by atoms with van der Waals surface area (Å²) in [7, 11) is -5.71. The van der Waals surface area contributed by atoms with Gasteiger partial charge in [-0.05, 0) is 168 Å². The summed E-state index contributed by atoms with van der Waals surface area (Å²) in [5, 5.41) is 4.71. The van der Waals surface area contributed by atoms with Crippen LogP contribution in [0.2, 0.25) is 18.1 Å². The highest BCUT2D eigenvalue weighted by Gasteiger charge is 2.61. The van der Waals surface area contributed by atoms with Gasteiger partial charge in [0.1, 0.15) is 6.04 Å². The molecule has 1 unspecified atom stereocenters. The smallest absolute Gasteiger partial charge is 0.265 e. The molecule has 0 saturated heterocycles. The fraction of sp³-hybridized carbons (Fsp3) is 0.762. The fourth-order valence-electron chi connectivity index (χ4n) is 11.6. The van der Waals surface area contributed by atoms with Gasteiger partial charge in [0.15, 0.2) is 8.32 Å². The molecule has 7 nitrogen and oxygen atoms in total. The number of carbonyl (C=O) groups is 1. The van der Waals surface area contributed by atoms with Crippen molar-refractivity contribution in [2.24, 2.45) is 46.3 Å². The zero-order valence-corrected chi connectivity index (χ0v) is 35.3. The average molecular weight is 738 g/mol. The van der Waals surface area contributed by atoms with Gasteiger partial charge in [0.05, 0.1) is 10.6 Å². The topological polar surface area (TPSA) is 90.3 Å². The van der Waals surface area contributed by atoms with Crippen molar-refractivity contribution in [1.29, 1.82) is 0 Å². The first kappa shape index (κ1) is 38.9. The highest BCUT2D eigenvalue weighted by molar-refractivity contribution is 7.89. The largest absolute Gasteiger partial charge is 0.414 e. The van der Waals surface area contributed by atoms with E-state index < -0.39 is 24.4 Å². The van der Waals surface area contributed by atoms with E-state index in [4.69, 9.17) is 4.43 Å². The van der Waals surface area contributed by atoms with Crippen LogP contribution in [0.5, 0.6) is 0 Å². The molecule has 284 valence electrons. The Morgan fingerprint density at radius 3 is 2.25 bits per heavy atom. The minimum atomic E-state index is -3.92. The summed E-state index contributed by atoms with van der Waals surface area (Å²) in [5.41, 5.74) is 3.06. The summed E-state index contributed by atoms with van der Waals surface area (Å²) in [6, 6.07) is 7.81. The molecule has 0 aliphatic heterocycles. The van der Waals surface area contributed by atoms with Gasteiger partial charge in [0, 0.05) is 11.8 Å². The van der Waals surface area contributed by atoms with E-state index in [0.29, 0.717) is 29.8 Å². The maximum absolute atomic E-state index is 14.1. The van der Waals surface area contributed by atoms with Gasteiger partial charge in [-0.1, -0.05) is 59.2 Å². The number of carbonyl (C=O) groups excluding carboxylic acids is 1. The van der Waals surface area contributed by atoms with Gasteiger partial charge in [0.25, 0.3) is 5.91 Å². The first-order valence-corrected chi connectivity index (χ1v) is 24.4. The van der Waals surface area contributed by atoms with E-state index in [1.54, 1.807) is 24.3 Å². The monoisotopic (exact) mass is 737 g/mol. The summed E-state index contributed by atoms with van der Waals surface area (Å²) in [5.74, 6) is 3.31. The van der Waals surface area contributed by atoms with Crippen LogP contribution in [0.25, 0.3) is 0 Å². The first-order valence-electron chi connectivity index (χ1n) is 20.0. The molecule has 4 fully saturated rings. The van der Waals surface area contributed by atoms with Gasteiger partial charge in [-0.15, -0.1) is 0 Å². The molecule has 10 atom stereocenters. The molecule has 0 radical (unpaired) electrons. The summed E-state index contributed by atoms with van der Waals surface area (Å²) in [4.78, 5) is 14.3. The molecular formula is C42H67N3O4SSi. The van der Waals surface area contributed by atoms with Crippen LogP contribution < -0.4 is 4.72 Å². The number of fused-ring (bicyclic) bond motifs is 5. The second kappa shape index (κ2) is 13.8. The number of benzene rings is 1. The Kier molecular flexibility index (Phi) is 10.5. The number of rotatable bonds is 9. The lowest BCUT2D eigenvalue weighted by Crippen LogP contribution is -2.55. The second-order valence-electron chi connectivity index (χ2n) is 19.5. The maximum atomic E-state index is 14.1. The third kappa shape index (κ3) is 7.24. The molecule has 0 bridgehead atoms. The van der Waals surface area contributed by atoms with Crippen LogP contribution in [0.15, 0.2) is 35.2 Å². The molecule has 9 heteroatoms. The molecule has 1 N–H and O–H groups in total. The van der Waals surface area contributed by atoms with Crippen molar-refractivity contribution in [3.8, 4) is 0 Å². The lowest BCUT2D eigenvalue weighted by atomic mass is 9.44. The summed E-state index contributed by atoms with van der Waals surface area (Å²) < 4.78 is 38.7. The molecule has 6 rings (SSSR count). The van der Waals surface area contributed by atoms with Gasteiger partial charge in [-0.2, -0.15) is 9.82 Å². The van der Waals surface area contributed by atoms with Crippen LogP contribution in [0.1, 0.15) is 127 Å². The standard InChI is InChI=1S/C42H67N3O4SSi/c1-27-12-15-33(16-13-27)50(47,48)44-38(39(46)45-30(4)25-29(3)43-45)24-28(2)35-18-19-36-34-17-14-31-26-32(49-51(10,11)40(5,6)7)20-22-41(31,8)37(34)21-23-42(35,36)9/h12-13,15-16,25,28,31-32,34-38,44H,14,17-24,26H2,1-11H3/t28-,31-,32-,34+,35-,36+,37+,38?,41+,42-/m1/s1. The highest BCUT2D eigenvalue weighted by atomic mass is 32.2. The van der Waals surface area contributed by atoms with Gasteiger partial charge in [0.2, 0.25) is 10.0 Å². The molecule has 0 amide bonds. The van der Waals surface area contributed by atoms with Gasteiger partial charge in [-0.25, -0.2) is 13.1 Å². The molecule has 51 heavy (non-hydrogen) atoms. The second-order valence-corrected chi connectivity index (χ2v) is 26.0. The van der Waals surface area contributed by atoms with E-state index in [1.165, 1.54) is 56.0 Å². The van der Waals surface area contributed by atoms with E-state index in [0.717, 1.165) is 41.1 Å². The Bertz CT molecular complexity index is 1700. The zero-order chi connectivity index (χ0) is 37.3. The zero-order valence-electron chi connectivity index (χ0n) is 33.5. The molecule has 4 aliphatic rings. The van der Waals surface area contributed by atoms with E-state index in [2.05, 4.69) is 64.5 Å². The highest BCUT2D eigenvalue weighted by Crippen LogP contribution is 2.68. The summed E-state index contributed by atoms with van der Waals surface area (Å²) in [6.07, 6.45) is 12.2. The van der Waals surface area contributed by atoms with Gasteiger partial charge < -0.3 is 4.43 Å². The van der Waals surface area contributed by atoms with Crippen molar-refractivity contribution in [1.82, 2.24) is 14.5 Å². The Morgan fingerprint density at radius 1 is 0.980 bits per heavy atom. The molecule has 4 aliphatic carbocycles. The van der Waals surface area contributed by atoms with Crippen molar-refractivity contribution in [2.45, 2.75) is 162 Å². The number of hydrogen-bond acceptors (Lipinski definition) is 5. The minimum Gasteiger partial charge on any atom is -0.414 e. The minimum absolute atomic E-state index is 0.179. The number of hydrogen-bond donors (Lipinski definition) is 1. The van der Waals surface area contributed by atoms with E-state index in [1.807, 2.05) is 26.8 Å². The quantitative estimate of drug-likeness (QED) is 0.259. The van der Waals surface area contributed by atoms with E-state index in [9.17, 15) is 13.2 Å². The third-order valence-corrected chi connectivity index (χ3v) is 21.4. The van der Waals surface area contributed by atoms with Crippen molar-refractivity contribution in [3.05, 3.63) is 47.3 Å². The molecular weight excluding hydrogens is 671 g/mol. The van der Waals surface area contributed by atoms with Crippen molar-refractivity contribution in [3.63, 3.8) is 0 Å². The number of nitrogens with one attached hydrogen (secondary N) is 1.